The van der Waals surface area contributed by atoms with Gasteiger partial charge in [-0.3, -0.25) is 0 Å². The summed E-state index contributed by atoms with van der Waals surface area (Å²) >= 11 is 0. The normalized spacial score (nSPS) is 22.6. The number of benzene rings is 2. The fraction of sp³-hybridized carbons (Fsp3) is 0.610. The molecule has 242 valence electrons. The topological polar surface area (TPSA) is 9.72 Å². The highest BCUT2D eigenvalue weighted by Gasteiger charge is 2.19. The molecule has 0 spiro atoms. The van der Waals surface area contributed by atoms with Crippen LogP contribution in [0.25, 0.3) is 11.3 Å². The van der Waals surface area contributed by atoms with Crippen LogP contribution in [0, 0.1) is 19.8 Å². The Morgan fingerprint density at radius 3 is 2.07 bits per heavy atom. The molecule has 0 aromatic heterocycles. The smallest absolute Gasteiger partial charge is 0.0364 e. The van der Waals surface area contributed by atoms with Crippen LogP contribution < -0.4 is 0 Å². The molecule has 2 heterocycles. The Bertz CT molecular complexity index is 1260. The molecule has 3 unspecified atom stereocenters. The minimum absolute atomic E-state index is 0.687. The van der Waals surface area contributed by atoms with Gasteiger partial charge < -0.3 is 14.7 Å². The number of fused-ring (bicyclic) bond motifs is 5. The zero-order valence-electron chi connectivity index (χ0n) is 29.4. The number of rotatable bonds is 6. The van der Waals surface area contributed by atoms with Gasteiger partial charge in [-0.05, 0) is 166 Å². The Labute approximate surface area is 271 Å². The number of hydrogen-bond donors (Lipinski definition) is 0. The maximum absolute atomic E-state index is 4.69. The van der Waals surface area contributed by atoms with E-state index in [1.54, 1.807) is 11.1 Å². The van der Waals surface area contributed by atoms with E-state index in [0.717, 1.165) is 32.2 Å². The van der Waals surface area contributed by atoms with Crippen molar-refractivity contribution in [1.82, 2.24) is 14.7 Å². The van der Waals surface area contributed by atoms with Crippen LogP contribution >= 0.6 is 0 Å². The van der Waals surface area contributed by atoms with Crippen molar-refractivity contribution in [3.05, 3.63) is 81.9 Å². The molecular weight excluding hydrogens is 534 g/mol. The lowest BCUT2D eigenvalue weighted by Gasteiger charge is -2.26. The zero-order chi connectivity index (χ0) is 31.6. The van der Waals surface area contributed by atoms with Crippen LogP contribution in [0.4, 0.5) is 0 Å². The molecule has 1 saturated heterocycles. The van der Waals surface area contributed by atoms with Crippen molar-refractivity contribution in [2.45, 2.75) is 105 Å². The van der Waals surface area contributed by atoms with Gasteiger partial charge in [0.25, 0.3) is 0 Å². The molecule has 0 radical (unpaired) electrons. The van der Waals surface area contributed by atoms with E-state index in [1.807, 2.05) is 0 Å². The van der Waals surface area contributed by atoms with E-state index >= 15 is 0 Å². The van der Waals surface area contributed by atoms with E-state index in [0.29, 0.717) is 5.92 Å². The molecule has 2 aromatic rings. The third-order valence-corrected chi connectivity index (χ3v) is 10.8. The monoisotopic (exact) mass is 598 g/mol. The second kappa shape index (κ2) is 16.8. The van der Waals surface area contributed by atoms with Crippen LogP contribution in [-0.4, -0.2) is 67.6 Å². The number of nitrogens with zero attached hydrogens (tertiary/aromatic N) is 3. The molecule has 3 heteroatoms. The largest absolute Gasteiger partial charge is 0.375 e. The van der Waals surface area contributed by atoms with Crippen molar-refractivity contribution in [2.24, 2.45) is 5.92 Å². The molecule has 4 bridgehead atoms. The summed E-state index contributed by atoms with van der Waals surface area (Å²) in [4.78, 5) is 7.85. The molecule has 0 N–H and O–H groups in total. The predicted octanol–water partition coefficient (Wildman–Crippen LogP) is 9.13. The molecule has 4 rings (SSSR count). The minimum atomic E-state index is 0.687. The van der Waals surface area contributed by atoms with Crippen LogP contribution in [0.5, 0.6) is 0 Å². The van der Waals surface area contributed by atoms with Crippen LogP contribution in [0.3, 0.4) is 0 Å². The standard InChI is InChI=1S/C41H63N3/c1-9-36-29-38(27-32(5)40(36)10-2)31(4)26-35-16-12-13-17-37-30-39(28-33(6)41(37)11-3)34(7)42(8)19-14-20-43-21-15-22-44(23-18-35)25-24-43/h27-30,35H,4,7,9-26H2,1-3,5-6,8H3. The van der Waals surface area contributed by atoms with E-state index in [9.17, 15) is 0 Å². The molecule has 2 aliphatic rings. The van der Waals surface area contributed by atoms with Crippen molar-refractivity contribution >= 4 is 11.3 Å². The summed E-state index contributed by atoms with van der Waals surface area (Å²) in [6.45, 7) is 29.1. The number of allylic oxidation sites excluding steroid dienone is 1. The molecule has 1 fully saturated rings. The second-order valence-electron chi connectivity index (χ2n) is 13.9. The van der Waals surface area contributed by atoms with Gasteiger partial charge in [-0.15, -0.1) is 0 Å². The van der Waals surface area contributed by atoms with Gasteiger partial charge >= 0.3 is 0 Å². The van der Waals surface area contributed by atoms with Crippen LogP contribution in [0.15, 0.2) is 37.4 Å². The summed E-state index contributed by atoms with van der Waals surface area (Å²) in [6, 6.07) is 9.72. The van der Waals surface area contributed by atoms with E-state index < -0.39 is 0 Å². The number of aryl methyl sites for hydroxylation is 4. The average Bonchev–Trinajstić information content (AvgIpc) is 3.25. The SMILES string of the molecule is C=C(CC1CCCCc2cc(cc(C)c2CC)C(=C)N(C)CCCN2CCCN(CC1)CC2)c1cc(C)c(CC)c(CC)c1. The van der Waals surface area contributed by atoms with Crippen molar-refractivity contribution in [3.63, 3.8) is 0 Å². The Morgan fingerprint density at radius 1 is 0.727 bits per heavy atom. The van der Waals surface area contributed by atoms with E-state index in [-0.39, 0.29) is 0 Å². The average molecular weight is 598 g/mol. The Balaban J connectivity index is 1.54. The Kier molecular flexibility index (Phi) is 13.2. The summed E-state index contributed by atoms with van der Waals surface area (Å²) in [7, 11) is 2.23. The first-order chi connectivity index (χ1) is 21.2. The Morgan fingerprint density at radius 2 is 1.39 bits per heavy atom. The molecule has 3 nitrogen and oxygen atoms in total. The van der Waals surface area contributed by atoms with Gasteiger partial charge in [0, 0.05) is 32.4 Å². The Hall–Kier alpha value is -2.36. The molecular formula is C41H63N3. The highest BCUT2D eigenvalue weighted by Crippen LogP contribution is 2.31. The zero-order valence-corrected chi connectivity index (χ0v) is 29.4. The van der Waals surface area contributed by atoms with Gasteiger partial charge in [0.15, 0.2) is 0 Å². The lowest BCUT2D eigenvalue weighted by molar-refractivity contribution is 0.236. The van der Waals surface area contributed by atoms with Gasteiger partial charge in [0.1, 0.15) is 0 Å². The summed E-state index contributed by atoms with van der Waals surface area (Å²) in [5.41, 5.74) is 14.2. The van der Waals surface area contributed by atoms with Gasteiger partial charge in [-0.25, -0.2) is 0 Å². The molecule has 3 atom stereocenters. The molecule has 44 heavy (non-hydrogen) atoms. The fourth-order valence-electron chi connectivity index (χ4n) is 7.99. The minimum Gasteiger partial charge on any atom is -0.375 e. The van der Waals surface area contributed by atoms with Crippen LogP contribution in [-0.2, 0) is 25.7 Å². The molecule has 0 saturated carbocycles. The fourth-order valence-corrected chi connectivity index (χ4v) is 7.99. The summed E-state index contributed by atoms with van der Waals surface area (Å²) in [5.74, 6) is 0.687. The van der Waals surface area contributed by atoms with Crippen LogP contribution in [0.2, 0.25) is 0 Å². The van der Waals surface area contributed by atoms with Crippen molar-refractivity contribution < 1.29 is 0 Å². The predicted molar refractivity (Wildman–Crippen MR) is 194 cm³/mol. The summed E-state index contributed by atoms with van der Waals surface area (Å²) in [6.07, 6.45) is 13.2. The first-order valence-corrected chi connectivity index (χ1v) is 18.0. The third-order valence-electron chi connectivity index (χ3n) is 10.8. The highest BCUT2D eigenvalue weighted by molar-refractivity contribution is 5.66. The molecule has 0 aliphatic carbocycles. The van der Waals surface area contributed by atoms with Crippen molar-refractivity contribution in [1.29, 1.82) is 0 Å². The first-order valence-electron chi connectivity index (χ1n) is 18.0. The second-order valence-corrected chi connectivity index (χ2v) is 13.9. The lowest BCUT2D eigenvalue weighted by Crippen LogP contribution is -2.33. The van der Waals surface area contributed by atoms with E-state index in [2.05, 4.69) is 87.2 Å². The van der Waals surface area contributed by atoms with Gasteiger partial charge in [-0.2, -0.15) is 0 Å². The lowest BCUT2D eigenvalue weighted by atomic mass is 9.86. The summed E-state index contributed by atoms with van der Waals surface area (Å²) < 4.78 is 0. The highest BCUT2D eigenvalue weighted by atomic mass is 15.2. The van der Waals surface area contributed by atoms with Crippen molar-refractivity contribution in [3.8, 4) is 0 Å². The van der Waals surface area contributed by atoms with Crippen molar-refractivity contribution in [2.75, 3.05) is 52.9 Å². The van der Waals surface area contributed by atoms with Gasteiger partial charge in [0.05, 0.1) is 0 Å². The molecule has 2 aromatic carbocycles. The van der Waals surface area contributed by atoms with Gasteiger partial charge in [-0.1, -0.05) is 58.9 Å². The first kappa shape index (κ1) is 34.5. The quantitative estimate of drug-likeness (QED) is 0.329. The van der Waals surface area contributed by atoms with Gasteiger partial charge in [0.2, 0.25) is 0 Å². The third kappa shape index (κ3) is 9.10. The number of hydrogen-bond acceptors (Lipinski definition) is 3. The van der Waals surface area contributed by atoms with E-state index in [1.165, 1.54) is 129 Å². The summed E-state index contributed by atoms with van der Waals surface area (Å²) in [5, 5.41) is 0. The maximum atomic E-state index is 4.69. The molecule has 2 aliphatic heterocycles. The maximum Gasteiger partial charge on any atom is 0.0364 e. The molecule has 0 amide bonds. The van der Waals surface area contributed by atoms with Crippen LogP contribution in [0.1, 0.15) is 110 Å². The van der Waals surface area contributed by atoms with E-state index in [4.69, 9.17) is 6.58 Å².